The molecule has 0 aliphatic heterocycles. The van der Waals surface area contributed by atoms with E-state index in [4.69, 9.17) is 14.6 Å². The molecule has 1 N–H and O–H groups in total. The second-order valence-electron chi connectivity index (χ2n) is 10.7. The molecule has 0 heterocycles. The van der Waals surface area contributed by atoms with Gasteiger partial charge in [-0.2, -0.15) is 0 Å². The topological polar surface area (TPSA) is 89.9 Å². The number of aliphatic carboxylic acids is 1. The maximum atomic E-state index is 11.6. The summed E-state index contributed by atoms with van der Waals surface area (Å²) in [4.78, 5) is 32.0. The van der Waals surface area contributed by atoms with Crippen LogP contribution in [-0.4, -0.2) is 34.7 Å². The van der Waals surface area contributed by atoms with E-state index in [0.29, 0.717) is 22.5 Å². The molecule has 0 amide bonds. The van der Waals surface area contributed by atoms with Crippen LogP contribution in [0.5, 0.6) is 0 Å². The summed E-state index contributed by atoms with van der Waals surface area (Å²) in [6, 6.07) is 0. The summed E-state index contributed by atoms with van der Waals surface area (Å²) in [5.74, 6) is -0.780. The minimum Gasteiger partial charge on any atom is -0.478 e. The van der Waals surface area contributed by atoms with Crippen molar-refractivity contribution in [3.63, 3.8) is 0 Å². The highest BCUT2D eigenvalue weighted by Gasteiger charge is 2.62. The van der Waals surface area contributed by atoms with Crippen LogP contribution in [0.15, 0.2) is 36.5 Å². The van der Waals surface area contributed by atoms with E-state index in [9.17, 15) is 14.4 Å². The molecule has 182 valence electrons. The van der Waals surface area contributed by atoms with Gasteiger partial charge in [0.2, 0.25) is 0 Å². The van der Waals surface area contributed by atoms with E-state index in [-0.39, 0.29) is 29.0 Å². The van der Waals surface area contributed by atoms with Crippen LogP contribution < -0.4 is 0 Å². The standard InChI is InChI=1S/C14H22O2.C8H14O2.C4H6O2/c1-9(2)12(15)16-11-8-10-6-7-14(11,5)13(10,3)4;1-6(2)7(9)10-8(3,4)5;1-3(2)4(5)6/h10-11H,1,6-8H2,2-5H3;1H2,2-5H3;1H2,2H3,(H,5,6)/t10-,11-,14+;;/m0../s1. The van der Waals surface area contributed by atoms with Crippen molar-refractivity contribution in [3.05, 3.63) is 36.5 Å². The zero-order chi connectivity index (χ0) is 25.7. The van der Waals surface area contributed by atoms with Crippen molar-refractivity contribution < 1.29 is 29.0 Å². The fourth-order valence-corrected chi connectivity index (χ4v) is 3.90. The predicted molar refractivity (Wildman–Crippen MR) is 127 cm³/mol. The molecule has 6 heteroatoms. The summed E-state index contributed by atoms with van der Waals surface area (Å²) >= 11 is 0. The SMILES string of the molecule is C=C(C)C(=O)O.C=C(C)C(=O)OC(C)(C)C.C=C(C)C(=O)O[C@H]1C[C@@H]2CC[C@@]1(C)C2(C)C. The Morgan fingerprint density at radius 2 is 1.34 bits per heavy atom. The molecule has 2 rings (SSSR count). The smallest absolute Gasteiger partial charge is 0.333 e. The average Bonchev–Trinajstić information content (AvgIpc) is 2.94. The predicted octanol–water partition coefficient (Wildman–Crippen LogP) is 5.87. The van der Waals surface area contributed by atoms with Crippen LogP contribution in [0.25, 0.3) is 0 Å². The van der Waals surface area contributed by atoms with Gasteiger partial charge in [-0.05, 0) is 72.1 Å². The monoisotopic (exact) mass is 450 g/mol. The van der Waals surface area contributed by atoms with Crippen molar-refractivity contribution >= 4 is 17.9 Å². The van der Waals surface area contributed by atoms with Crippen LogP contribution in [0.4, 0.5) is 0 Å². The minimum atomic E-state index is -0.935. The van der Waals surface area contributed by atoms with Crippen LogP contribution in [0, 0.1) is 16.7 Å². The molecule has 0 radical (unpaired) electrons. The van der Waals surface area contributed by atoms with Crippen molar-refractivity contribution in [1.29, 1.82) is 0 Å². The Balaban J connectivity index is 0.000000516. The highest BCUT2D eigenvalue weighted by Crippen LogP contribution is 2.66. The molecule has 2 saturated carbocycles. The van der Waals surface area contributed by atoms with Crippen LogP contribution in [0.1, 0.15) is 81.6 Å². The fraction of sp³-hybridized carbons (Fsp3) is 0.654. The van der Waals surface area contributed by atoms with Crippen molar-refractivity contribution in [2.45, 2.75) is 93.3 Å². The molecule has 2 aliphatic rings. The molecule has 3 atom stereocenters. The van der Waals surface area contributed by atoms with Crippen LogP contribution in [0.3, 0.4) is 0 Å². The van der Waals surface area contributed by atoms with E-state index in [1.807, 2.05) is 20.8 Å². The summed E-state index contributed by atoms with van der Waals surface area (Å²) in [5.41, 5.74) is 1.17. The number of rotatable bonds is 4. The number of carboxylic acid groups (broad SMARTS) is 1. The number of hydrogen-bond acceptors (Lipinski definition) is 5. The highest BCUT2D eigenvalue weighted by molar-refractivity contribution is 5.87. The molecule has 0 saturated heterocycles. The lowest BCUT2D eigenvalue weighted by Crippen LogP contribution is -2.38. The van der Waals surface area contributed by atoms with Crippen LogP contribution >= 0.6 is 0 Å². The molecule has 0 aromatic carbocycles. The van der Waals surface area contributed by atoms with Gasteiger partial charge in [-0.15, -0.1) is 0 Å². The Morgan fingerprint density at radius 3 is 1.56 bits per heavy atom. The summed E-state index contributed by atoms with van der Waals surface area (Å²) in [7, 11) is 0. The number of hydrogen-bond donors (Lipinski definition) is 1. The zero-order valence-corrected chi connectivity index (χ0v) is 21.4. The lowest BCUT2D eigenvalue weighted by atomic mass is 9.70. The number of carbonyl (C=O) groups excluding carboxylic acids is 2. The second-order valence-corrected chi connectivity index (χ2v) is 10.7. The van der Waals surface area contributed by atoms with Gasteiger partial charge in [0.15, 0.2) is 0 Å². The maximum absolute atomic E-state index is 11.6. The third-order valence-electron chi connectivity index (χ3n) is 6.42. The Bertz CT molecular complexity index is 756. The van der Waals surface area contributed by atoms with Gasteiger partial charge in [-0.1, -0.05) is 40.5 Å². The zero-order valence-electron chi connectivity index (χ0n) is 21.4. The normalized spacial score (nSPS) is 24.7. The van der Waals surface area contributed by atoms with E-state index in [2.05, 4.69) is 40.5 Å². The number of ether oxygens (including phenoxy) is 2. The Morgan fingerprint density at radius 1 is 0.906 bits per heavy atom. The Hall–Kier alpha value is -2.37. The minimum absolute atomic E-state index is 0.0884. The molecule has 0 aromatic heterocycles. The van der Waals surface area contributed by atoms with Gasteiger partial charge in [0.1, 0.15) is 11.7 Å². The van der Waals surface area contributed by atoms with E-state index in [1.165, 1.54) is 19.8 Å². The van der Waals surface area contributed by atoms with Gasteiger partial charge in [-0.25, -0.2) is 14.4 Å². The van der Waals surface area contributed by atoms with Crippen molar-refractivity contribution in [3.8, 4) is 0 Å². The molecular weight excluding hydrogens is 408 g/mol. The first-order valence-corrected chi connectivity index (χ1v) is 10.9. The summed E-state index contributed by atoms with van der Waals surface area (Å²) in [6.45, 7) is 27.4. The number of esters is 2. The summed E-state index contributed by atoms with van der Waals surface area (Å²) in [6.07, 6.45) is 3.58. The van der Waals surface area contributed by atoms with Gasteiger partial charge in [0.25, 0.3) is 0 Å². The fourth-order valence-electron chi connectivity index (χ4n) is 3.90. The van der Waals surface area contributed by atoms with E-state index in [0.717, 1.165) is 6.42 Å². The number of fused-ring (bicyclic) bond motifs is 2. The van der Waals surface area contributed by atoms with Gasteiger partial charge in [-0.3, -0.25) is 0 Å². The molecule has 32 heavy (non-hydrogen) atoms. The first kappa shape index (κ1) is 29.6. The number of carboxylic acids is 1. The van der Waals surface area contributed by atoms with Gasteiger partial charge < -0.3 is 14.6 Å². The molecule has 0 spiro atoms. The van der Waals surface area contributed by atoms with Gasteiger partial charge in [0.05, 0.1) is 0 Å². The molecule has 2 fully saturated rings. The average molecular weight is 451 g/mol. The highest BCUT2D eigenvalue weighted by atomic mass is 16.6. The van der Waals surface area contributed by atoms with E-state index >= 15 is 0 Å². The second kappa shape index (κ2) is 11.0. The summed E-state index contributed by atoms with van der Waals surface area (Å²) in [5, 5.41) is 7.89. The molecule has 0 unspecified atom stereocenters. The van der Waals surface area contributed by atoms with Crippen LogP contribution in [-0.2, 0) is 23.9 Å². The molecule has 2 aliphatic carbocycles. The van der Waals surface area contributed by atoms with E-state index in [1.54, 1.807) is 13.8 Å². The lowest BCUT2D eigenvalue weighted by molar-refractivity contribution is -0.152. The first-order valence-electron chi connectivity index (χ1n) is 10.9. The van der Waals surface area contributed by atoms with Crippen molar-refractivity contribution in [1.82, 2.24) is 0 Å². The summed E-state index contributed by atoms with van der Waals surface area (Å²) < 4.78 is 10.6. The van der Waals surface area contributed by atoms with Gasteiger partial charge >= 0.3 is 17.9 Å². The Labute approximate surface area is 193 Å². The van der Waals surface area contributed by atoms with E-state index < -0.39 is 11.6 Å². The molecular formula is C26H42O6. The van der Waals surface area contributed by atoms with Crippen molar-refractivity contribution in [2.24, 2.45) is 16.7 Å². The largest absolute Gasteiger partial charge is 0.478 e. The molecule has 0 aromatic rings. The maximum Gasteiger partial charge on any atom is 0.333 e. The first-order chi connectivity index (χ1) is 14.3. The number of carbonyl (C=O) groups is 3. The quantitative estimate of drug-likeness (QED) is 0.425. The third-order valence-corrected chi connectivity index (χ3v) is 6.42. The van der Waals surface area contributed by atoms with Crippen molar-refractivity contribution in [2.75, 3.05) is 0 Å². The Kier molecular flexibility index (Phi) is 10.2. The lowest BCUT2D eigenvalue weighted by Gasteiger charge is -2.38. The molecule has 2 bridgehead atoms. The van der Waals surface area contributed by atoms with Gasteiger partial charge in [0, 0.05) is 22.1 Å². The third kappa shape index (κ3) is 7.95. The molecule has 6 nitrogen and oxygen atoms in total. The van der Waals surface area contributed by atoms with Crippen LogP contribution in [0.2, 0.25) is 0 Å².